The Balaban J connectivity index is 1.97. The molecule has 128 valence electrons. The van der Waals surface area contributed by atoms with Crippen LogP contribution in [0.1, 0.15) is 12.5 Å². The monoisotopic (exact) mass is 393 g/mol. The van der Waals surface area contributed by atoms with E-state index in [-0.39, 0.29) is 16.2 Å². The summed E-state index contributed by atoms with van der Waals surface area (Å²) < 4.78 is 5.13. The van der Waals surface area contributed by atoms with Crippen molar-refractivity contribution in [3.63, 3.8) is 0 Å². The van der Waals surface area contributed by atoms with Crippen molar-refractivity contribution < 1.29 is 14.3 Å². The molecule has 2 aromatic carbocycles. The number of carbonyl (C=O) groups is 2. The molecule has 0 bridgehead atoms. The summed E-state index contributed by atoms with van der Waals surface area (Å²) in [4.78, 5) is 26.6. The second-order valence-electron chi connectivity index (χ2n) is 5.29. The average Bonchev–Trinajstić information content (AvgIpc) is 2.91. The van der Waals surface area contributed by atoms with Crippen molar-refractivity contribution in [1.29, 1.82) is 0 Å². The number of allylic oxidation sites excluding steroid dienone is 1. The molecule has 3 rings (SSSR count). The summed E-state index contributed by atoms with van der Waals surface area (Å²) in [5.74, 6) is 0.349. The van der Waals surface area contributed by atoms with Gasteiger partial charge in [0.2, 0.25) is 0 Å². The first-order valence-electron chi connectivity index (χ1n) is 7.29. The van der Waals surface area contributed by atoms with E-state index < -0.39 is 0 Å². The molecular formula is C18H13Cl2NO3S. The van der Waals surface area contributed by atoms with E-state index in [0.29, 0.717) is 15.6 Å². The van der Waals surface area contributed by atoms with Crippen LogP contribution in [-0.4, -0.2) is 18.3 Å². The zero-order valence-corrected chi connectivity index (χ0v) is 15.7. The van der Waals surface area contributed by atoms with Crippen molar-refractivity contribution in [3.8, 4) is 5.75 Å². The molecule has 1 aliphatic heterocycles. The van der Waals surface area contributed by atoms with Gasteiger partial charge in [0.05, 0.1) is 27.7 Å². The van der Waals surface area contributed by atoms with E-state index in [0.717, 1.165) is 33.5 Å². The minimum absolute atomic E-state index is 0.286. The number of benzene rings is 2. The molecule has 0 radical (unpaired) electrons. The fourth-order valence-corrected chi connectivity index (χ4v) is 3.61. The predicted octanol–water partition coefficient (Wildman–Crippen LogP) is 5.63. The number of amides is 2. The molecule has 0 N–H and O–H groups in total. The Hall–Kier alpha value is -1.95. The third kappa shape index (κ3) is 3.40. The van der Waals surface area contributed by atoms with E-state index in [9.17, 15) is 9.59 Å². The van der Waals surface area contributed by atoms with Crippen LogP contribution < -0.4 is 9.64 Å². The van der Waals surface area contributed by atoms with Gasteiger partial charge in [0.1, 0.15) is 5.75 Å². The molecule has 7 heteroatoms. The van der Waals surface area contributed by atoms with Gasteiger partial charge in [-0.2, -0.15) is 0 Å². The molecule has 1 heterocycles. The normalized spacial score (nSPS) is 16.4. The predicted molar refractivity (Wildman–Crippen MR) is 103 cm³/mol. The molecular weight excluding hydrogens is 381 g/mol. The molecule has 0 spiro atoms. The van der Waals surface area contributed by atoms with Gasteiger partial charge < -0.3 is 4.74 Å². The number of thioether (sulfide) groups is 1. The Kier molecular flexibility index (Phi) is 5.08. The number of halogens is 2. The van der Waals surface area contributed by atoms with E-state index in [1.54, 1.807) is 19.2 Å². The van der Waals surface area contributed by atoms with Crippen LogP contribution >= 0.6 is 35.0 Å². The van der Waals surface area contributed by atoms with E-state index in [2.05, 4.69) is 0 Å². The fourth-order valence-electron chi connectivity index (χ4n) is 2.42. The van der Waals surface area contributed by atoms with Crippen molar-refractivity contribution in [2.75, 3.05) is 12.0 Å². The number of ether oxygens (including phenoxy) is 1. The van der Waals surface area contributed by atoms with Crippen LogP contribution in [0.3, 0.4) is 0 Å². The summed E-state index contributed by atoms with van der Waals surface area (Å²) in [5.41, 5.74) is 1.98. The quantitative estimate of drug-likeness (QED) is 0.633. The summed E-state index contributed by atoms with van der Waals surface area (Å²) in [6.45, 7) is 1.81. The number of nitrogens with zero attached hydrogens (tertiary/aromatic N) is 1. The first-order valence-corrected chi connectivity index (χ1v) is 8.86. The Bertz CT molecular complexity index is 894. The van der Waals surface area contributed by atoms with Crippen molar-refractivity contribution in [1.82, 2.24) is 0 Å². The SMILES string of the molecule is COc1ccc(/C(C)=C2\SC(=O)N(c3ccc(Cl)c(Cl)c3)C2=O)cc1. The van der Waals surface area contributed by atoms with Crippen LogP contribution in [-0.2, 0) is 4.79 Å². The Labute approximate surface area is 159 Å². The van der Waals surface area contributed by atoms with E-state index in [1.165, 1.54) is 6.07 Å². The third-order valence-corrected chi connectivity index (χ3v) is 5.58. The van der Waals surface area contributed by atoms with Gasteiger partial charge in [0, 0.05) is 0 Å². The molecule has 1 fully saturated rings. The minimum Gasteiger partial charge on any atom is -0.497 e. The van der Waals surface area contributed by atoms with Crippen LogP contribution in [0.2, 0.25) is 10.0 Å². The summed E-state index contributed by atoms with van der Waals surface area (Å²) in [7, 11) is 1.59. The van der Waals surface area contributed by atoms with Crippen LogP contribution in [0.15, 0.2) is 47.4 Å². The van der Waals surface area contributed by atoms with Crippen molar-refractivity contribution in [2.24, 2.45) is 0 Å². The Morgan fingerprint density at radius 3 is 2.32 bits per heavy atom. The molecule has 0 aliphatic carbocycles. The average molecular weight is 394 g/mol. The lowest BCUT2D eigenvalue weighted by molar-refractivity contribution is -0.113. The number of methoxy groups -OCH3 is 1. The van der Waals surface area contributed by atoms with Gasteiger partial charge >= 0.3 is 0 Å². The van der Waals surface area contributed by atoms with Gasteiger partial charge in [-0.05, 0) is 60.2 Å². The number of hydrogen-bond acceptors (Lipinski definition) is 4. The van der Waals surface area contributed by atoms with Crippen LogP contribution in [0, 0.1) is 0 Å². The second-order valence-corrected chi connectivity index (χ2v) is 7.07. The standard InChI is InChI=1S/C18H13Cl2NO3S/c1-10(11-3-6-13(24-2)7-4-11)16-17(22)21(18(23)25-16)12-5-8-14(19)15(20)9-12/h3-9H,1-2H3/b16-10-. The van der Waals surface area contributed by atoms with Gasteiger partial charge in [-0.1, -0.05) is 35.3 Å². The zero-order valence-electron chi connectivity index (χ0n) is 13.4. The van der Waals surface area contributed by atoms with Crippen LogP contribution in [0.25, 0.3) is 5.57 Å². The maximum Gasteiger partial charge on any atom is 0.298 e. The van der Waals surface area contributed by atoms with Crippen molar-refractivity contribution in [2.45, 2.75) is 6.92 Å². The van der Waals surface area contributed by atoms with E-state index >= 15 is 0 Å². The second kappa shape index (κ2) is 7.12. The lowest BCUT2D eigenvalue weighted by Crippen LogP contribution is -2.27. The maximum atomic E-state index is 12.8. The number of hydrogen-bond donors (Lipinski definition) is 0. The van der Waals surface area contributed by atoms with Gasteiger partial charge in [-0.15, -0.1) is 0 Å². The molecule has 1 saturated heterocycles. The highest BCUT2D eigenvalue weighted by molar-refractivity contribution is 8.19. The lowest BCUT2D eigenvalue weighted by atomic mass is 10.1. The smallest absolute Gasteiger partial charge is 0.298 e. The van der Waals surface area contributed by atoms with Crippen molar-refractivity contribution >= 4 is 57.4 Å². The lowest BCUT2D eigenvalue weighted by Gasteiger charge is -2.13. The van der Waals surface area contributed by atoms with E-state index in [1.807, 2.05) is 31.2 Å². The third-order valence-electron chi connectivity index (χ3n) is 3.79. The first-order chi connectivity index (χ1) is 11.9. The first kappa shape index (κ1) is 17.9. The Morgan fingerprint density at radius 2 is 1.72 bits per heavy atom. The highest BCUT2D eigenvalue weighted by Gasteiger charge is 2.37. The topological polar surface area (TPSA) is 46.6 Å². The fraction of sp³-hybridized carbons (Fsp3) is 0.111. The van der Waals surface area contributed by atoms with Crippen LogP contribution in [0.4, 0.5) is 10.5 Å². The molecule has 0 atom stereocenters. The van der Waals surface area contributed by atoms with Gasteiger partial charge in [0.15, 0.2) is 0 Å². The van der Waals surface area contributed by atoms with Crippen LogP contribution in [0.5, 0.6) is 5.75 Å². The summed E-state index contributed by atoms with van der Waals surface area (Å²) in [6.07, 6.45) is 0. The van der Waals surface area contributed by atoms with Crippen molar-refractivity contribution in [3.05, 3.63) is 63.0 Å². The summed E-state index contributed by atoms with van der Waals surface area (Å²) in [6, 6.07) is 12.0. The molecule has 0 aromatic heterocycles. The van der Waals surface area contributed by atoms with Gasteiger partial charge in [-0.25, -0.2) is 4.90 Å². The molecule has 2 aromatic rings. The summed E-state index contributed by atoms with van der Waals surface area (Å²) in [5, 5.41) is 0.280. The number of imide groups is 1. The molecule has 4 nitrogen and oxygen atoms in total. The molecule has 1 aliphatic rings. The highest BCUT2D eigenvalue weighted by Crippen LogP contribution is 2.40. The largest absolute Gasteiger partial charge is 0.497 e. The number of rotatable bonds is 3. The highest BCUT2D eigenvalue weighted by atomic mass is 35.5. The minimum atomic E-state index is -0.373. The van der Waals surface area contributed by atoms with E-state index in [4.69, 9.17) is 27.9 Å². The maximum absolute atomic E-state index is 12.8. The molecule has 0 unspecified atom stereocenters. The summed E-state index contributed by atoms with van der Waals surface area (Å²) >= 11 is 12.8. The number of carbonyl (C=O) groups excluding carboxylic acids is 2. The molecule has 25 heavy (non-hydrogen) atoms. The van der Waals surface area contributed by atoms with Gasteiger partial charge in [-0.3, -0.25) is 9.59 Å². The molecule has 2 amide bonds. The zero-order chi connectivity index (χ0) is 18.1. The number of anilines is 1. The Morgan fingerprint density at radius 1 is 1.04 bits per heavy atom. The van der Waals surface area contributed by atoms with Gasteiger partial charge in [0.25, 0.3) is 11.1 Å². The molecule has 0 saturated carbocycles.